The number of benzene rings is 1. The highest BCUT2D eigenvalue weighted by Gasteiger charge is 2.46. The molecule has 0 aliphatic carbocycles. The average molecular weight is 318 g/mol. The first kappa shape index (κ1) is 15.5. The predicted molar refractivity (Wildman–Crippen MR) is 84.5 cm³/mol. The van der Waals surface area contributed by atoms with Crippen LogP contribution in [0.3, 0.4) is 0 Å². The largest absolute Gasteiger partial charge is 0.497 e. The van der Waals surface area contributed by atoms with Gasteiger partial charge < -0.3 is 14.8 Å². The van der Waals surface area contributed by atoms with Crippen LogP contribution in [0.2, 0.25) is 0 Å². The molecular weight excluding hydrogens is 299 g/mol. The summed E-state index contributed by atoms with van der Waals surface area (Å²) in [5, 5.41) is 4.43. The van der Waals surface area contributed by atoms with Gasteiger partial charge in [-0.15, -0.1) is 0 Å². The van der Waals surface area contributed by atoms with Crippen molar-refractivity contribution in [3.63, 3.8) is 0 Å². The first-order chi connectivity index (χ1) is 11.1. The van der Waals surface area contributed by atoms with Crippen LogP contribution >= 0.6 is 0 Å². The van der Waals surface area contributed by atoms with Crippen molar-refractivity contribution < 1.29 is 18.7 Å². The number of methoxy groups -OCH3 is 1. The van der Waals surface area contributed by atoms with E-state index in [1.54, 1.807) is 20.2 Å². The topological polar surface area (TPSA) is 60.5 Å². The maximum atomic E-state index is 14.3. The number of hydrogen-bond donors (Lipinski definition) is 1. The van der Waals surface area contributed by atoms with Gasteiger partial charge in [0.1, 0.15) is 12.4 Å². The minimum absolute atomic E-state index is 0.121. The molecule has 1 aromatic heterocycles. The standard InChI is InChI=1S/C17H19FN2O3/c1-3-17(18)9-12(20-16(17)21)10-23-15-14-8-13(22-2)5-4-11(14)6-7-19-15/h4-8,12H,3,9-10H2,1-2H3,(H,20,21)/t12-,17-/m0/s1. The number of rotatable bonds is 5. The van der Waals surface area contributed by atoms with E-state index >= 15 is 0 Å². The Morgan fingerprint density at radius 1 is 1.43 bits per heavy atom. The summed E-state index contributed by atoms with van der Waals surface area (Å²) in [5.41, 5.74) is -1.79. The quantitative estimate of drug-likeness (QED) is 0.920. The Morgan fingerprint density at radius 3 is 2.96 bits per heavy atom. The number of halogens is 1. The molecular formula is C17H19FN2O3. The first-order valence-electron chi connectivity index (χ1n) is 7.61. The summed E-state index contributed by atoms with van der Waals surface area (Å²) in [6, 6.07) is 7.15. The van der Waals surface area contributed by atoms with E-state index in [9.17, 15) is 9.18 Å². The first-order valence-corrected chi connectivity index (χ1v) is 7.61. The summed E-state index contributed by atoms with van der Waals surface area (Å²) in [5.74, 6) is 0.600. The van der Waals surface area contributed by atoms with E-state index in [1.807, 2.05) is 24.3 Å². The molecule has 1 fully saturated rings. The van der Waals surface area contributed by atoms with Gasteiger partial charge in [0.15, 0.2) is 5.67 Å². The summed E-state index contributed by atoms with van der Waals surface area (Å²) in [6.45, 7) is 1.85. The van der Waals surface area contributed by atoms with Crippen molar-refractivity contribution in [2.24, 2.45) is 0 Å². The van der Waals surface area contributed by atoms with Crippen LogP contribution < -0.4 is 14.8 Å². The third-order valence-electron chi connectivity index (χ3n) is 4.23. The van der Waals surface area contributed by atoms with Gasteiger partial charge in [0.05, 0.1) is 13.2 Å². The fourth-order valence-electron chi connectivity index (χ4n) is 2.80. The number of carbonyl (C=O) groups excluding carboxylic acids is 1. The van der Waals surface area contributed by atoms with E-state index in [0.29, 0.717) is 11.6 Å². The molecule has 1 saturated heterocycles. The zero-order chi connectivity index (χ0) is 16.4. The molecule has 0 saturated carbocycles. The second-order valence-corrected chi connectivity index (χ2v) is 5.71. The van der Waals surface area contributed by atoms with E-state index in [0.717, 1.165) is 10.8 Å². The minimum Gasteiger partial charge on any atom is -0.497 e. The van der Waals surface area contributed by atoms with Gasteiger partial charge in [0.2, 0.25) is 5.88 Å². The van der Waals surface area contributed by atoms with E-state index in [1.165, 1.54) is 0 Å². The molecule has 5 nitrogen and oxygen atoms in total. The van der Waals surface area contributed by atoms with Crippen molar-refractivity contribution in [3.8, 4) is 11.6 Å². The molecule has 0 bridgehead atoms. The molecule has 0 spiro atoms. The van der Waals surface area contributed by atoms with Gasteiger partial charge in [-0.25, -0.2) is 9.37 Å². The summed E-state index contributed by atoms with van der Waals surface area (Å²) < 4.78 is 25.2. The number of alkyl halides is 1. The molecule has 1 aromatic carbocycles. The Kier molecular flexibility index (Phi) is 4.07. The van der Waals surface area contributed by atoms with Crippen LogP contribution in [-0.4, -0.2) is 36.3 Å². The Labute approximate surface area is 133 Å². The van der Waals surface area contributed by atoms with E-state index < -0.39 is 11.6 Å². The molecule has 2 heterocycles. The zero-order valence-electron chi connectivity index (χ0n) is 13.1. The van der Waals surface area contributed by atoms with Crippen LogP contribution in [0.15, 0.2) is 30.5 Å². The van der Waals surface area contributed by atoms with Crippen LogP contribution in [0.4, 0.5) is 4.39 Å². The normalized spacial score (nSPS) is 23.8. The molecule has 6 heteroatoms. The van der Waals surface area contributed by atoms with Crippen LogP contribution in [0.1, 0.15) is 19.8 Å². The fourth-order valence-corrected chi connectivity index (χ4v) is 2.80. The molecule has 0 unspecified atom stereocenters. The maximum Gasteiger partial charge on any atom is 0.258 e. The number of hydrogen-bond acceptors (Lipinski definition) is 4. The van der Waals surface area contributed by atoms with Crippen molar-refractivity contribution in [2.45, 2.75) is 31.5 Å². The van der Waals surface area contributed by atoms with Crippen LogP contribution in [0.5, 0.6) is 11.6 Å². The van der Waals surface area contributed by atoms with Gasteiger partial charge in [0.25, 0.3) is 5.91 Å². The summed E-state index contributed by atoms with van der Waals surface area (Å²) in [6.07, 6.45) is 1.94. The molecule has 122 valence electrons. The molecule has 0 radical (unpaired) electrons. The van der Waals surface area contributed by atoms with E-state index in [4.69, 9.17) is 9.47 Å². The highest BCUT2D eigenvalue weighted by molar-refractivity contribution is 5.88. The number of aromatic nitrogens is 1. The number of fused-ring (bicyclic) bond motifs is 1. The van der Waals surface area contributed by atoms with Crippen LogP contribution in [0.25, 0.3) is 10.8 Å². The van der Waals surface area contributed by atoms with Gasteiger partial charge in [0, 0.05) is 18.0 Å². The molecule has 2 aromatic rings. The summed E-state index contributed by atoms with van der Waals surface area (Å²) >= 11 is 0. The molecule has 2 atom stereocenters. The monoisotopic (exact) mass is 318 g/mol. The third-order valence-corrected chi connectivity index (χ3v) is 4.23. The lowest BCUT2D eigenvalue weighted by Gasteiger charge is -2.14. The van der Waals surface area contributed by atoms with Gasteiger partial charge in [-0.05, 0) is 30.0 Å². The molecule has 23 heavy (non-hydrogen) atoms. The summed E-state index contributed by atoms with van der Waals surface area (Å²) in [4.78, 5) is 15.9. The Balaban J connectivity index is 1.76. The second-order valence-electron chi connectivity index (χ2n) is 5.71. The minimum atomic E-state index is -1.79. The average Bonchev–Trinajstić information content (AvgIpc) is 2.87. The van der Waals surface area contributed by atoms with E-state index in [2.05, 4.69) is 10.3 Å². The Hall–Kier alpha value is -2.37. The molecule has 1 N–H and O–H groups in total. The van der Waals surface area contributed by atoms with Crippen molar-refractivity contribution in [1.82, 2.24) is 10.3 Å². The highest BCUT2D eigenvalue weighted by atomic mass is 19.1. The van der Waals surface area contributed by atoms with Gasteiger partial charge in [-0.1, -0.05) is 13.0 Å². The summed E-state index contributed by atoms with van der Waals surface area (Å²) in [7, 11) is 1.59. The zero-order valence-corrected chi connectivity index (χ0v) is 13.1. The van der Waals surface area contributed by atoms with Crippen molar-refractivity contribution in [2.75, 3.05) is 13.7 Å². The number of pyridine rings is 1. The smallest absolute Gasteiger partial charge is 0.258 e. The SMILES string of the molecule is CC[C@]1(F)C[C@@H](COc2nccc3ccc(OC)cc23)NC1=O. The number of nitrogens with zero attached hydrogens (tertiary/aromatic N) is 1. The fraction of sp³-hybridized carbons (Fsp3) is 0.412. The molecule has 3 rings (SSSR count). The Morgan fingerprint density at radius 2 is 2.26 bits per heavy atom. The van der Waals surface area contributed by atoms with Crippen LogP contribution in [0, 0.1) is 0 Å². The lowest BCUT2D eigenvalue weighted by molar-refractivity contribution is -0.129. The molecule has 1 amide bonds. The lowest BCUT2D eigenvalue weighted by atomic mass is 9.99. The number of carbonyl (C=O) groups is 1. The van der Waals surface area contributed by atoms with Crippen molar-refractivity contribution >= 4 is 16.7 Å². The van der Waals surface area contributed by atoms with E-state index in [-0.39, 0.29) is 25.5 Å². The lowest BCUT2D eigenvalue weighted by Crippen LogP contribution is -2.34. The number of ether oxygens (including phenoxy) is 2. The third kappa shape index (κ3) is 2.93. The predicted octanol–water partition coefficient (Wildman–Crippen LogP) is 2.63. The Bertz CT molecular complexity index is 737. The second kappa shape index (κ2) is 6.02. The molecule has 1 aliphatic rings. The van der Waals surface area contributed by atoms with Crippen molar-refractivity contribution in [3.05, 3.63) is 30.5 Å². The number of amides is 1. The van der Waals surface area contributed by atoms with Gasteiger partial charge >= 0.3 is 0 Å². The van der Waals surface area contributed by atoms with Gasteiger partial charge in [-0.3, -0.25) is 4.79 Å². The van der Waals surface area contributed by atoms with Crippen LogP contribution in [-0.2, 0) is 4.79 Å². The maximum absolute atomic E-state index is 14.3. The van der Waals surface area contributed by atoms with Gasteiger partial charge in [-0.2, -0.15) is 0 Å². The molecule has 1 aliphatic heterocycles. The van der Waals surface area contributed by atoms with Crippen molar-refractivity contribution in [1.29, 1.82) is 0 Å². The number of nitrogens with one attached hydrogen (secondary N) is 1. The highest BCUT2D eigenvalue weighted by Crippen LogP contribution is 2.30.